The number of aromatic nitrogens is 2. The summed E-state index contributed by atoms with van der Waals surface area (Å²) in [5, 5.41) is 0. The molecule has 2 aliphatic heterocycles. The van der Waals surface area contributed by atoms with Gasteiger partial charge in [0.05, 0.1) is 11.5 Å². The predicted molar refractivity (Wildman–Crippen MR) is 88.3 cm³/mol. The molecular formula is C15H24N4O2S. The number of aryl methyl sites for hydroxylation is 1. The molecule has 0 saturated carbocycles. The van der Waals surface area contributed by atoms with Crippen molar-refractivity contribution < 1.29 is 8.42 Å². The number of rotatable bonds is 4. The van der Waals surface area contributed by atoms with Gasteiger partial charge in [0, 0.05) is 37.4 Å². The highest BCUT2D eigenvalue weighted by Gasteiger charge is 2.32. The smallest absolute Gasteiger partial charge is 0.227 e. The van der Waals surface area contributed by atoms with Crippen LogP contribution in [0.1, 0.15) is 31.9 Å². The molecule has 1 unspecified atom stereocenters. The van der Waals surface area contributed by atoms with E-state index < -0.39 is 9.84 Å². The molecule has 3 heterocycles. The Kier molecular flexibility index (Phi) is 4.25. The van der Waals surface area contributed by atoms with Gasteiger partial charge in [0.15, 0.2) is 9.84 Å². The molecule has 0 amide bonds. The van der Waals surface area contributed by atoms with E-state index in [0.717, 1.165) is 37.1 Å². The van der Waals surface area contributed by atoms with Crippen LogP contribution in [-0.2, 0) is 9.84 Å². The fourth-order valence-electron chi connectivity index (χ4n) is 3.37. The molecule has 0 aromatic carbocycles. The second kappa shape index (κ2) is 6.02. The van der Waals surface area contributed by atoms with E-state index in [2.05, 4.69) is 21.7 Å². The van der Waals surface area contributed by atoms with Gasteiger partial charge in [0.1, 0.15) is 5.82 Å². The van der Waals surface area contributed by atoms with E-state index in [9.17, 15) is 8.42 Å². The van der Waals surface area contributed by atoms with Crippen LogP contribution < -0.4 is 9.80 Å². The normalized spacial score (nSPS) is 23.9. The molecule has 122 valence electrons. The zero-order valence-corrected chi connectivity index (χ0v) is 14.1. The Morgan fingerprint density at radius 1 is 1.32 bits per heavy atom. The van der Waals surface area contributed by atoms with E-state index in [0.29, 0.717) is 6.42 Å². The first-order chi connectivity index (χ1) is 10.5. The minimum atomic E-state index is -2.89. The van der Waals surface area contributed by atoms with Crippen molar-refractivity contribution in [3.05, 3.63) is 11.8 Å². The Labute approximate surface area is 132 Å². The molecule has 3 rings (SSSR count). The lowest BCUT2D eigenvalue weighted by Crippen LogP contribution is -2.37. The van der Waals surface area contributed by atoms with E-state index in [-0.39, 0.29) is 17.5 Å². The van der Waals surface area contributed by atoms with E-state index in [1.807, 2.05) is 13.0 Å². The molecule has 7 heteroatoms. The van der Waals surface area contributed by atoms with Gasteiger partial charge in [0.2, 0.25) is 5.95 Å². The average Bonchev–Trinajstić information content (AvgIpc) is 3.09. The number of sulfone groups is 1. The van der Waals surface area contributed by atoms with Gasteiger partial charge in [-0.05, 0) is 33.1 Å². The maximum absolute atomic E-state index is 11.8. The summed E-state index contributed by atoms with van der Waals surface area (Å²) in [6, 6.07) is 2.00. The number of hydrogen-bond donors (Lipinski definition) is 0. The maximum Gasteiger partial charge on any atom is 0.227 e. The van der Waals surface area contributed by atoms with Gasteiger partial charge < -0.3 is 9.80 Å². The molecule has 0 spiro atoms. The third-order valence-electron chi connectivity index (χ3n) is 4.50. The zero-order chi connectivity index (χ0) is 15.7. The van der Waals surface area contributed by atoms with Crippen molar-refractivity contribution in [1.82, 2.24) is 9.97 Å². The monoisotopic (exact) mass is 324 g/mol. The molecule has 0 aliphatic carbocycles. The van der Waals surface area contributed by atoms with Crippen LogP contribution in [0, 0.1) is 6.92 Å². The first-order valence-electron chi connectivity index (χ1n) is 8.06. The number of anilines is 2. The Morgan fingerprint density at radius 2 is 2.05 bits per heavy atom. The highest BCUT2D eigenvalue weighted by atomic mass is 32.2. The third kappa shape index (κ3) is 3.19. The van der Waals surface area contributed by atoms with Crippen molar-refractivity contribution in [2.45, 2.75) is 39.2 Å². The van der Waals surface area contributed by atoms with Crippen molar-refractivity contribution in [2.24, 2.45) is 0 Å². The number of hydrogen-bond acceptors (Lipinski definition) is 6. The molecular weight excluding hydrogens is 300 g/mol. The summed E-state index contributed by atoms with van der Waals surface area (Å²) in [5.74, 6) is 2.17. The topological polar surface area (TPSA) is 66.4 Å². The molecule has 0 bridgehead atoms. The van der Waals surface area contributed by atoms with Gasteiger partial charge in [-0.3, -0.25) is 0 Å². The fourth-order valence-corrected chi connectivity index (χ4v) is 5.10. The summed E-state index contributed by atoms with van der Waals surface area (Å²) in [5.41, 5.74) is 0.936. The van der Waals surface area contributed by atoms with Crippen molar-refractivity contribution >= 4 is 21.6 Å². The Balaban J connectivity index is 1.88. The molecule has 0 radical (unpaired) electrons. The van der Waals surface area contributed by atoms with Gasteiger partial charge in [-0.2, -0.15) is 4.98 Å². The molecule has 2 aliphatic rings. The molecule has 1 aromatic heterocycles. The average molecular weight is 324 g/mol. The van der Waals surface area contributed by atoms with Crippen molar-refractivity contribution in [1.29, 1.82) is 0 Å². The summed E-state index contributed by atoms with van der Waals surface area (Å²) >= 11 is 0. The first-order valence-corrected chi connectivity index (χ1v) is 9.88. The van der Waals surface area contributed by atoms with E-state index in [1.165, 1.54) is 12.8 Å². The van der Waals surface area contributed by atoms with Crippen molar-refractivity contribution in [3.63, 3.8) is 0 Å². The Morgan fingerprint density at radius 3 is 2.64 bits per heavy atom. The molecule has 1 aromatic rings. The zero-order valence-electron chi connectivity index (χ0n) is 13.3. The van der Waals surface area contributed by atoms with E-state index in [1.54, 1.807) is 0 Å². The summed E-state index contributed by atoms with van der Waals surface area (Å²) in [6.45, 7) is 6.80. The molecule has 1 atom stereocenters. The van der Waals surface area contributed by atoms with Crippen LogP contribution in [0.5, 0.6) is 0 Å². The largest absolute Gasteiger partial charge is 0.353 e. The van der Waals surface area contributed by atoms with Crippen LogP contribution in [0.4, 0.5) is 11.8 Å². The lowest BCUT2D eigenvalue weighted by atomic mass is 10.2. The van der Waals surface area contributed by atoms with Gasteiger partial charge >= 0.3 is 0 Å². The van der Waals surface area contributed by atoms with Gasteiger partial charge in [-0.15, -0.1) is 0 Å². The quantitative estimate of drug-likeness (QED) is 0.834. The minimum absolute atomic E-state index is 0.0377. The standard InChI is InChI=1S/C15H24N4O2S/c1-3-19(13-6-9-22(20,21)11-13)14-10-12(2)16-15(17-14)18-7-4-5-8-18/h10,13H,3-9,11H2,1-2H3. The molecule has 22 heavy (non-hydrogen) atoms. The molecule has 0 N–H and O–H groups in total. The summed E-state index contributed by atoms with van der Waals surface area (Å²) in [4.78, 5) is 13.6. The third-order valence-corrected chi connectivity index (χ3v) is 6.25. The Bertz CT molecular complexity index is 641. The lowest BCUT2D eigenvalue weighted by Gasteiger charge is -2.29. The second-order valence-electron chi connectivity index (χ2n) is 6.20. The van der Waals surface area contributed by atoms with Crippen LogP contribution in [0.25, 0.3) is 0 Å². The highest BCUT2D eigenvalue weighted by molar-refractivity contribution is 7.91. The summed E-state index contributed by atoms with van der Waals surface area (Å²) < 4.78 is 23.5. The predicted octanol–water partition coefficient (Wildman–Crippen LogP) is 1.40. The summed E-state index contributed by atoms with van der Waals surface area (Å²) in [6.07, 6.45) is 3.06. The lowest BCUT2D eigenvalue weighted by molar-refractivity contribution is 0.599. The Hall–Kier alpha value is -1.37. The first kappa shape index (κ1) is 15.5. The second-order valence-corrected chi connectivity index (χ2v) is 8.43. The van der Waals surface area contributed by atoms with Crippen LogP contribution in [0.2, 0.25) is 0 Å². The van der Waals surface area contributed by atoms with Crippen LogP contribution in [0.15, 0.2) is 6.07 Å². The van der Waals surface area contributed by atoms with E-state index in [4.69, 9.17) is 4.98 Å². The molecule has 2 fully saturated rings. The van der Waals surface area contributed by atoms with Crippen molar-refractivity contribution in [3.8, 4) is 0 Å². The van der Waals surface area contributed by atoms with Crippen LogP contribution >= 0.6 is 0 Å². The van der Waals surface area contributed by atoms with Gasteiger partial charge in [-0.1, -0.05) is 0 Å². The summed E-state index contributed by atoms with van der Waals surface area (Å²) in [7, 11) is -2.89. The minimum Gasteiger partial charge on any atom is -0.353 e. The SMILES string of the molecule is CCN(c1cc(C)nc(N2CCCC2)n1)C1CCS(=O)(=O)C1. The van der Waals surface area contributed by atoms with Crippen LogP contribution in [0.3, 0.4) is 0 Å². The maximum atomic E-state index is 11.8. The van der Waals surface area contributed by atoms with E-state index >= 15 is 0 Å². The number of nitrogens with zero attached hydrogens (tertiary/aromatic N) is 4. The van der Waals surface area contributed by atoms with Gasteiger partial charge in [0.25, 0.3) is 0 Å². The van der Waals surface area contributed by atoms with Crippen LogP contribution in [-0.4, -0.2) is 55.6 Å². The molecule has 2 saturated heterocycles. The fraction of sp³-hybridized carbons (Fsp3) is 0.733. The van der Waals surface area contributed by atoms with Gasteiger partial charge in [-0.25, -0.2) is 13.4 Å². The van der Waals surface area contributed by atoms with Crippen molar-refractivity contribution in [2.75, 3.05) is 40.9 Å². The highest BCUT2D eigenvalue weighted by Crippen LogP contribution is 2.25. The molecule has 6 nitrogen and oxygen atoms in total.